The van der Waals surface area contributed by atoms with Crippen molar-refractivity contribution in [2.75, 3.05) is 57.3 Å². The van der Waals surface area contributed by atoms with Gasteiger partial charge >= 0.3 is 0 Å². The van der Waals surface area contributed by atoms with Crippen LogP contribution in [0.4, 0.5) is 5.82 Å². The highest BCUT2D eigenvalue weighted by Crippen LogP contribution is 2.24. The van der Waals surface area contributed by atoms with E-state index in [0.717, 1.165) is 55.1 Å². The lowest BCUT2D eigenvalue weighted by Crippen LogP contribution is -2.52. The quantitative estimate of drug-likeness (QED) is 0.724. The monoisotopic (exact) mass is 444 g/mol. The number of rotatable bonds is 4. The number of anilines is 1. The maximum absolute atomic E-state index is 12.8. The molecule has 2 saturated heterocycles. The summed E-state index contributed by atoms with van der Waals surface area (Å²) < 4.78 is 6.99. The number of hydrogen-bond acceptors (Lipinski definition) is 5. The van der Waals surface area contributed by atoms with Crippen LogP contribution in [0.1, 0.15) is 11.7 Å². The lowest BCUT2D eigenvalue weighted by Gasteiger charge is -2.38. The van der Waals surface area contributed by atoms with Gasteiger partial charge in [0.1, 0.15) is 5.82 Å². The first-order valence-electron chi connectivity index (χ1n) is 9.72. The Morgan fingerprint density at radius 3 is 2.71 bits per heavy atom. The van der Waals surface area contributed by atoms with Crippen molar-refractivity contribution in [1.29, 1.82) is 0 Å². The molecule has 4 rings (SSSR count). The average Bonchev–Trinajstić information content (AvgIpc) is 2.75. The number of halogens is 1. The van der Waals surface area contributed by atoms with E-state index in [9.17, 15) is 4.79 Å². The first kappa shape index (κ1) is 19.4. The molecule has 2 aromatic rings. The van der Waals surface area contributed by atoms with E-state index in [0.29, 0.717) is 13.2 Å². The van der Waals surface area contributed by atoms with Crippen molar-refractivity contribution in [1.82, 2.24) is 14.8 Å². The number of hydrogen-bond donors (Lipinski definition) is 0. The van der Waals surface area contributed by atoms with Crippen molar-refractivity contribution in [3.63, 3.8) is 0 Å². The van der Waals surface area contributed by atoms with E-state index in [-0.39, 0.29) is 12.0 Å². The van der Waals surface area contributed by atoms with Crippen LogP contribution in [0.25, 0.3) is 0 Å². The number of nitrogens with zero attached hydrogens (tertiary/aromatic N) is 4. The second-order valence-electron chi connectivity index (χ2n) is 7.21. The van der Waals surface area contributed by atoms with Crippen LogP contribution >= 0.6 is 15.9 Å². The fourth-order valence-corrected chi connectivity index (χ4v) is 4.19. The van der Waals surface area contributed by atoms with Gasteiger partial charge < -0.3 is 14.5 Å². The number of ether oxygens (including phenoxy) is 1. The van der Waals surface area contributed by atoms with Crippen molar-refractivity contribution in [2.45, 2.75) is 6.10 Å². The van der Waals surface area contributed by atoms with Crippen LogP contribution in [-0.2, 0) is 9.53 Å². The summed E-state index contributed by atoms with van der Waals surface area (Å²) in [5.41, 5.74) is 1.15. The van der Waals surface area contributed by atoms with Crippen molar-refractivity contribution < 1.29 is 9.53 Å². The van der Waals surface area contributed by atoms with Crippen LogP contribution < -0.4 is 4.90 Å². The second kappa shape index (κ2) is 9.03. The summed E-state index contributed by atoms with van der Waals surface area (Å²) in [7, 11) is 0. The summed E-state index contributed by atoms with van der Waals surface area (Å²) in [5.74, 6) is 1.19. The number of carbonyl (C=O) groups is 1. The molecule has 28 heavy (non-hydrogen) atoms. The highest BCUT2D eigenvalue weighted by Gasteiger charge is 2.27. The van der Waals surface area contributed by atoms with Crippen LogP contribution in [-0.4, -0.2) is 73.1 Å². The zero-order valence-electron chi connectivity index (χ0n) is 15.8. The van der Waals surface area contributed by atoms with Gasteiger partial charge in [0.15, 0.2) is 0 Å². The highest BCUT2D eigenvalue weighted by molar-refractivity contribution is 9.10. The first-order chi connectivity index (χ1) is 13.7. The van der Waals surface area contributed by atoms with Gasteiger partial charge in [-0.05, 0) is 29.8 Å². The molecule has 1 atom stereocenters. The van der Waals surface area contributed by atoms with Gasteiger partial charge in [0.05, 0.1) is 19.3 Å². The van der Waals surface area contributed by atoms with E-state index in [1.54, 1.807) is 0 Å². The van der Waals surface area contributed by atoms with Gasteiger partial charge in [-0.1, -0.05) is 34.1 Å². The lowest BCUT2D eigenvalue weighted by molar-refractivity contribution is -0.134. The molecule has 148 valence electrons. The van der Waals surface area contributed by atoms with Crippen molar-refractivity contribution in [3.05, 3.63) is 58.7 Å². The summed E-state index contributed by atoms with van der Waals surface area (Å²) in [6.07, 6.45) is 1.83. The predicted molar refractivity (Wildman–Crippen MR) is 112 cm³/mol. The number of piperazine rings is 1. The molecule has 0 N–H and O–H groups in total. The molecule has 0 spiro atoms. The molecule has 1 amide bonds. The number of morpholine rings is 1. The molecule has 3 heterocycles. The van der Waals surface area contributed by atoms with E-state index in [1.165, 1.54) is 0 Å². The summed E-state index contributed by atoms with van der Waals surface area (Å²) >= 11 is 3.52. The van der Waals surface area contributed by atoms with Gasteiger partial charge in [-0.3, -0.25) is 9.69 Å². The van der Waals surface area contributed by atoms with Crippen molar-refractivity contribution in [3.8, 4) is 0 Å². The summed E-state index contributed by atoms with van der Waals surface area (Å²) in [5, 5.41) is 0. The molecule has 0 saturated carbocycles. The van der Waals surface area contributed by atoms with E-state index in [4.69, 9.17) is 4.74 Å². The molecule has 1 unspecified atom stereocenters. The Morgan fingerprint density at radius 2 is 1.96 bits per heavy atom. The van der Waals surface area contributed by atoms with Crippen LogP contribution in [0.3, 0.4) is 0 Å². The van der Waals surface area contributed by atoms with Crippen molar-refractivity contribution in [2.24, 2.45) is 0 Å². The van der Waals surface area contributed by atoms with E-state index >= 15 is 0 Å². The van der Waals surface area contributed by atoms with Crippen LogP contribution in [0.5, 0.6) is 0 Å². The molecule has 1 aromatic heterocycles. The van der Waals surface area contributed by atoms with Crippen LogP contribution in [0.2, 0.25) is 0 Å². The number of pyridine rings is 1. The zero-order chi connectivity index (χ0) is 19.3. The third-order valence-electron chi connectivity index (χ3n) is 5.34. The fraction of sp³-hybridized carbons (Fsp3) is 0.429. The van der Waals surface area contributed by atoms with Gasteiger partial charge in [0, 0.05) is 49.9 Å². The Hall–Kier alpha value is -1.96. The van der Waals surface area contributed by atoms with Gasteiger partial charge in [-0.25, -0.2) is 4.98 Å². The topological polar surface area (TPSA) is 48.9 Å². The van der Waals surface area contributed by atoms with Crippen LogP contribution in [0.15, 0.2) is 53.1 Å². The van der Waals surface area contributed by atoms with Gasteiger partial charge in [-0.15, -0.1) is 0 Å². The Labute approximate surface area is 174 Å². The van der Waals surface area contributed by atoms with Crippen molar-refractivity contribution >= 4 is 27.7 Å². The zero-order valence-corrected chi connectivity index (χ0v) is 17.4. The van der Waals surface area contributed by atoms with Crippen LogP contribution in [0, 0.1) is 0 Å². The van der Waals surface area contributed by atoms with Gasteiger partial charge in [-0.2, -0.15) is 0 Å². The smallest absolute Gasteiger partial charge is 0.236 e. The molecule has 6 nitrogen and oxygen atoms in total. The first-order valence-corrected chi connectivity index (χ1v) is 10.5. The molecule has 2 aliphatic rings. The molecule has 1 aromatic carbocycles. The molecule has 2 fully saturated rings. The number of carbonyl (C=O) groups excluding carboxylic acids is 1. The number of amides is 1. The van der Waals surface area contributed by atoms with E-state index < -0.39 is 0 Å². The predicted octanol–water partition coefficient (Wildman–Crippen LogP) is 2.57. The molecule has 7 heteroatoms. The molecule has 0 aliphatic carbocycles. The third-order valence-corrected chi connectivity index (χ3v) is 5.83. The minimum atomic E-state index is 0.0139. The number of benzene rings is 1. The standard InChI is InChI=1S/C21H25BrN4O2/c22-18-5-3-4-17(14-18)19-15-24(12-13-28-19)16-21(27)26-10-8-25(9-11-26)20-6-1-2-7-23-20/h1-7,14,19H,8-13,15-16H2. The second-order valence-corrected chi connectivity index (χ2v) is 8.12. The fourth-order valence-electron chi connectivity index (χ4n) is 3.77. The average molecular weight is 445 g/mol. The Bertz CT molecular complexity index is 796. The molecular formula is C21H25BrN4O2. The van der Waals surface area contributed by atoms with E-state index in [1.807, 2.05) is 41.4 Å². The number of aromatic nitrogens is 1. The molecule has 0 bridgehead atoms. The SMILES string of the molecule is O=C(CN1CCOC(c2cccc(Br)c2)C1)N1CCN(c2ccccn2)CC1. The minimum absolute atomic E-state index is 0.0139. The summed E-state index contributed by atoms with van der Waals surface area (Å²) in [4.78, 5) is 23.6. The lowest BCUT2D eigenvalue weighted by atomic mass is 10.1. The molecule has 0 radical (unpaired) electrons. The molecular weight excluding hydrogens is 420 g/mol. The minimum Gasteiger partial charge on any atom is -0.371 e. The highest BCUT2D eigenvalue weighted by atomic mass is 79.9. The largest absolute Gasteiger partial charge is 0.371 e. The Morgan fingerprint density at radius 1 is 1.11 bits per heavy atom. The van der Waals surface area contributed by atoms with Gasteiger partial charge in [0.2, 0.25) is 5.91 Å². The van der Waals surface area contributed by atoms with E-state index in [2.05, 4.69) is 42.8 Å². The third kappa shape index (κ3) is 4.71. The Kier molecular flexibility index (Phi) is 6.24. The normalized spacial score (nSPS) is 21.0. The summed E-state index contributed by atoms with van der Waals surface area (Å²) in [6, 6.07) is 14.1. The van der Waals surface area contributed by atoms with Gasteiger partial charge in [0.25, 0.3) is 0 Å². The molecule has 2 aliphatic heterocycles. The Balaban J connectivity index is 1.29. The maximum atomic E-state index is 12.8. The summed E-state index contributed by atoms with van der Waals surface area (Å²) in [6.45, 7) is 5.79. The maximum Gasteiger partial charge on any atom is 0.236 e.